The molecule has 0 spiro atoms. The third kappa shape index (κ3) is 3.25. The SMILES string of the molecule is COC(=O)c1nccc(NC2(CO)CCC(C)CC2)n1. The molecule has 1 fully saturated rings. The number of aliphatic hydroxyl groups excluding tert-OH is 1. The van der Waals surface area contributed by atoms with E-state index in [1.807, 2.05) is 0 Å². The first-order valence-electron chi connectivity index (χ1n) is 6.89. The number of rotatable bonds is 4. The van der Waals surface area contributed by atoms with Gasteiger partial charge in [0.1, 0.15) is 5.82 Å². The maximum Gasteiger partial charge on any atom is 0.376 e. The van der Waals surface area contributed by atoms with Crippen LogP contribution in [0.2, 0.25) is 0 Å². The minimum absolute atomic E-state index is 0.0229. The van der Waals surface area contributed by atoms with Crippen LogP contribution in [0.5, 0.6) is 0 Å². The first kappa shape index (κ1) is 14.7. The van der Waals surface area contributed by atoms with Crippen LogP contribution in [0, 0.1) is 5.92 Å². The Hall–Kier alpha value is -1.69. The number of methoxy groups -OCH3 is 1. The van der Waals surface area contributed by atoms with Gasteiger partial charge in [-0.2, -0.15) is 0 Å². The number of carbonyl (C=O) groups is 1. The molecule has 1 aliphatic carbocycles. The molecule has 0 aliphatic heterocycles. The maximum atomic E-state index is 11.4. The van der Waals surface area contributed by atoms with Crippen LogP contribution in [0.15, 0.2) is 12.3 Å². The number of nitrogens with one attached hydrogen (secondary N) is 1. The van der Waals surface area contributed by atoms with Gasteiger partial charge in [0, 0.05) is 6.20 Å². The molecule has 6 heteroatoms. The van der Waals surface area contributed by atoms with Crippen molar-refractivity contribution in [2.75, 3.05) is 19.0 Å². The van der Waals surface area contributed by atoms with E-state index in [0.29, 0.717) is 11.7 Å². The van der Waals surface area contributed by atoms with Crippen molar-refractivity contribution < 1.29 is 14.6 Å². The minimum Gasteiger partial charge on any atom is -0.463 e. The predicted molar refractivity (Wildman–Crippen MR) is 74.4 cm³/mol. The summed E-state index contributed by atoms with van der Waals surface area (Å²) in [4.78, 5) is 19.4. The van der Waals surface area contributed by atoms with E-state index in [2.05, 4.69) is 26.9 Å². The van der Waals surface area contributed by atoms with Crippen LogP contribution >= 0.6 is 0 Å². The van der Waals surface area contributed by atoms with Gasteiger partial charge in [-0.25, -0.2) is 14.8 Å². The first-order valence-corrected chi connectivity index (χ1v) is 6.89. The molecule has 110 valence electrons. The summed E-state index contributed by atoms with van der Waals surface area (Å²) < 4.78 is 4.61. The molecule has 1 aliphatic rings. The average molecular weight is 279 g/mol. The molecule has 1 saturated carbocycles. The summed E-state index contributed by atoms with van der Waals surface area (Å²) >= 11 is 0. The second-order valence-electron chi connectivity index (χ2n) is 5.50. The topological polar surface area (TPSA) is 84.3 Å². The highest BCUT2D eigenvalue weighted by atomic mass is 16.5. The van der Waals surface area contributed by atoms with Gasteiger partial charge < -0.3 is 15.2 Å². The fraction of sp³-hybridized carbons (Fsp3) is 0.643. The van der Waals surface area contributed by atoms with Gasteiger partial charge in [-0.3, -0.25) is 0 Å². The highest BCUT2D eigenvalue weighted by Crippen LogP contribution is 2.33. The van der Waals surface area contributed by atoms with Crippen LogP contribution < -0.4 is 5.32 Å². The molecule has 1 aromatic rings. The van der Waals surface area contributed by atoms with Gasteiger partial charge in [0.05, 0.1) is 19.3 Å². The quantitative estimate of drug-likeness (QED) is 0.815. The average Bonchev–Trinajstić information content (AvgIpc) is 2.49. The summed E-state index contributed by atoms with van der Waals surface area (Å²) in [6.07, 6.45) is 5.44. The number of nitrogens with zero attached hydrogens (tertiary/aromatic N) is 2. The van der Waals surface area contributed by atoms with E-state index in [0.717, 1.165) is 25.7 Å². The largest absolute Gasteiger partial charge is 0.463 e. The van der Waals surface area contributed by atoms with Crippen molar-refractivity contribution in [3.63, 3.8) is 0 Å². The van der Waals surface area contributed by atoms with Crippen LogP contribution in [-0.4, -0.2) is 40.3 Å². The molecule has 6 nitrogen and oxygen atoms in total. The third-order valence-corrected chi connectivity index (χ3v) is 3.95. The molecular formula is C14H21N3O3. The highest BCUT2D eigenvalue weighted by molar-refractivity contribution is 5.85. The monoisotopic (exact) mass is 279 g/mol. The molecule has 1 aromatic heterocycles. The van der Waals surface area contributed by atoms with Crippen LogP contribution in [0.25, 0.3) is 0 Å². The van der Waals surface area contributed by atoms with Crippen LogP contribution in [0.4, 0.5) is 5.82 Å². The molecule has 0 bridgehead atoms. The van der Waals surface area contributed by atoms with E-state index >= 15 is 0 Å². The molecule has 2 N–H and O–H groups in total. The molecule has 0 aromatic carbocycles. The zero-order valence-corrected chi connectivity index (χ0v) is 11.9. The van der Waals surface area contributed by atoms with Crippen molar-refractivity contribution >= 4 is 11.8 Å². The Kier molecular flexibility index (Phi) is 4.54. The summed E-state index contributed by atoms with van der Waals surface area (Å²) in [5, 5.41) is 13.0. The van der Waals surface area contributed by atoms with Gasteiger partial charge in [0.15, 0.2) is 0 Å². The fourth-order valence-corrected chi connectivity index (χ4v) is 2.53. The number of esters is 1. The molecule has 2 rings (SSSR count). The summed E-state index contributed by atoms with van der Waals surface area (Å²) in [5.41, 5.74) is -0.353. The lowest BCUT2D eigenvalue weighted by Crippen LogP contribution is -2.45. The zero-order chi connectivity index (χ0) is 14.6. The second kappa shape index (κ2) is 6.17. The highest BCUT2D eigenvalue weighted by Gasteiger charge is 2.34. The van der Waals surface area contributed by atoms with Crippen molar-refractivity contribution in [3.05, 3.63) is 18.1 Å². The molecule has 0 saturated heterocycles. The second-order valence-corrected chi connectivity index (χ2v) is 5.50. The number of hydrogen-bond acceptors (Lipinski definition) is 6. The van der Waals surface area contributed by atoms with Gasteiger partial charge in [-0.05, 0) is 37.7 Å². The zero-order valence-electron chi connectivity index (χ0n) is 11.9. The van der Waals surface area contributed by atoms with Crippen LogP contribution in [0.1, 0.15) is 43.2 Å². The molecule has 1 heterocycles. The van der Waals surface area contributed by atoms with Gasteiger partial charge in [-0.1, -0.05) is 6.92 Å². The Balaban J connectivity index is 2.13. The smallest absolute Gasteiger partial charge is 0.376 e. The first-order chi connectivity index (χ1) is 9.58. The van der Waals surface area contributed by atoms with Gasteiger partial charge in [-0.15, -0.1) is 0 Å². The van der Waals surface area contributed by atoms with Crippen molar-refractivity contribution in [1.29, 1.82) is 0 Å². The van der Waals surface area contributed by atoms with Gasteiger partial charge in [0.25, 0.3) is 0 Å². The summed E-state index contributed by atoms with van der Waals surface area (Å²) in [6, 6.07) is 1.70. The lowest BCUT2D eigenvalue weighted by Gasteiger charge is -2.39. The predicted octanol–water partition coefficient (Wildman–Crippen LogP) is 1.62. The Morgan fingerprint density at radius 1 is 1.55 bits per heavy atom. The third-order valence-electron chi connectivity index (χ3n) is 3.95. The van der Waals surface area contributed by atoms with Crippen molar-refractivity contribution in [2.45, 2.75) is 38.1 Å². The molecule has 20 heavy (non-hydrogen) atoms. The Bertz CT molecular complexity index is 470. The normalized spacial score (nSPS) is 26.1. The lowest BCUT2D eigenvalue weighted by atomic mass is 9.77. The number of aliphatic hydroxyl groups is 1. The molecule has 0 amide bonds. The molecule has 0 atom stereocenters. The van der Waals surface area contributed by atoms with E-state index in [1.165, 1.54) is 13.3 Å². The van der Waals surface area contributed by atoms with Crippen LogP contribution in [-0.2, 0) is 4.74 Å². The number of ether oxygens (including phenoxy) is 1. The lowest BCUT2D eigenvalue weighted by molar-refractivity contribution is 0.0586. The van der Waals surface area contributed by atoms with Gasteiger partial charge >= 0.3 is 5.97 Å². The summed E-state index contributed by atoms with van der Waals surface area (Å²) in [6.45, 7) is 2.28. The summed E-state index contributed by atoms with van der Waals surface area (Å²) in [5.74, 6) is 0.690. The van der Waals surface area contributed by atoms with Crippen LogP contribution in [0.3, 0.4) is 0 Å². The Morgan fingerprint density at radius 2 is 2.25 bits per heavy atom. The number of carbonyl (C=O) groups excluding carboxylic acids is 1. The molecular weight excluding hydrogens is 258 g/mol. The van der Waals surface area contributed by atoms with E-state index in [9.17, 15) is 9.90 Å². The Labute approximate surface area is 118 Å². The van der Waals surface area contributed by atoms with E-state index < -0.39 is 5.97 Å². The minimum atomic E-state index is -0.566. The van der Waals surface area contributed by atoms with E-state index in [4.69, 9.17) is 0 Å². The van der Waals surface area contributed by atoms with Crippen molar-refractivity contribution in [1.82, 2.24) is 9.97 Å². The molecule has 0 unspecified atom stereocenters. The number of anilines is 1. The molecule has 0 radical (unpaired) electrons. The maximum absolute atomic E-state index is 11.4. The Morgan fingerprint density at radius 3 is 2.85 bits per heavy atom. The van der Waals surface area contributed by atoms with E-state index in [-0.39, 0.29) is 18.0 Å². The van der Waals surface area contributed by atoms with Gasteiger partial charge in [0.2, 0.25) is 5.82 Å². The van der Waals surface area contributed by atoms with Crippen molar-refractivity contribution in [2.24, 2.45) is 5.92 Å². The standard InChI is InChI=1S/C14H21N3O3/c1-10-3-6-14(9-18,7-4-10)17-11-5-8-15-12(16-11)13(19)20-2/h5,8,10,18H,3-4,6-7,9H2,1-2H3,(H,15,16,17). The van der Waals surface area contributed by atoms with E-state index in [1.54, 1.807) is 6.07 Å². The summed E-state index contributed by atoms with van der Waals surface area (Å²) in [7, 11) is 1.30. The fourth-order valence-electron chi connectivity index (χ4n) is 2.53. The van der Waals surface area contributed by atoms with Crippen molar-refractivity contribution in [3.8, 4) is 0 Å². The number of aromatic nitrogens is 2. The number of hydrogen-bond donors (Lipinski definition) is 2.